The molecule has 1 aliphatic heterocycles. The second-order valence-corrected chi connectivity index (χ2v) is 7.38. The number of methoxy groups -OCH3 is 1. The van der Waals surface area contributed by atoms with Crippen LogP contribution in [0.1, 0.15) is 11.1 Å². The van der Waals surface area contributed by atoms with Crippen molar-refractivity contribution in [3.05, 3.63) is 63.3 Å². The van der Waals surface area contributed by atoms with Gasteiger partial charge in [0.25, 0.3) is 5.91 Å². The van der Waals surface area contributed by atoms with E-state index in [0.717, 1.165) is 5.56 Å². The molecule has 0 atom stereocenters. The predicted molar refractivity (Wildman–Crippen MR) is 105 cm³/mol. The Morgan fingerprint density at radius 3 is 2.77 bits per heavy atom. The second-order valence-electron chi connectivity index (χ2n) is 5.25. The van der Waals surface area contributed by atoms with Gasteiger partial charge in [-0.15, -0.1) is 0 Å². The number of hydrogen-bond acceptors (Lipinski definition) is 5. The van der Waals surface area contributed by atoms with Gasteiger partial charge in [0.1, 0.15) is 16.7 Å². The summed E-state index contributed by atoms with van der Waals surface area (Å²) in [5, 5.41) is 2.86. The number of carbonyl (C=O) groups excluding carboxylic acids is 1. The van der Waals surface area contributed by atoms with Crippen LogP contribution in [-0.2, 0) is 11.4 Å². The first kappa shape index (κ1) is 18.7. The monoisotopic (exact) mass is 409 g/mol. The Morgan fingerprint density at radius 1 is 1.31 bits per heavy atom. The van der Waals surface area contributed by atoms with E-state index in [0.29, 0.717) is 25.7 Å². The van der Waals surface area contributed by atoms with Gasteiger partial charge in [-0.25, -0.2) is 4.39 Å². The molecule has 1 fully saturated rings. The van der Waals surface area contributed by atoms with Crippen LogP contribution < -0.4 is 14.8 Å². The molecule has 0 spiro atoms. The Kier molecular flexibility index (Phi) is 5.80. The minimum absolute atomic E-state index is 0.0329. The number of benzene rings is 2. The normalized spacial score (nSPS) is 15.3. The molecule has 2 aromatic carbocycles. The van der Waals surface area contributed by atoms with Gasteiger partial charge in [-0.1, -0.05) is 47.7 Å². The quantitative estimate of drug-likeness (QED) is 0.579. The number of thiocarbonyl (C=S) groups is 1. The third kappa shape index (κ3) is 4.17. The minimum atomic E-state index is -0.432. The Hall–Kier alpha value is -2.09. The maximum atomic E-state index is 13.8. The molecule has 4 nitrogen and oxygen atoms in total. The summed E-state index contributed by atoms with van der Waals surface area (Å²) in [7, 11) is 1.50. The van der Waals surface area contributed by atoms with E-state index < -0.39 is 5.82 Å². The number of halogens is 2. The summed E-state index contributed by atoms with van der Waals surface area (Å²) in [5.74, 6) is 0.234. The van der Waals surface area contributed by atoms with E-state index in [1.165, 1.54) is 31.0 Å². The number of ether oxygens (including phenoxy) is 2. The lowest BCUT2D eigenvalue weighted by molar-refractivity contribution is -0.115. The highest BCUT2D eigenvalue weighted by Gasteiger charge is 2.22. The lowest BCUT2D eigenvalue weighted by atomic mass is 10.2. The van der Waals surface area contributed by atoms with Crippen molar-refractivity contribution in [3.8, 4) is 11.5 Å². The predicted octanol–water partition coefficient (Wildman–Crippen LogP) is 4.56. The van der Waals surface area contributed by atoms with Gasteiger partial charge in [0, 0.05) is 5.56 Å². The van der Waals surface area contributed by atoms with Crippen LogP contribution in [-0.4, -0.2) is 17.3 Å². The van der Waals surface area contributed by atoms with Crippen molar-refractivity contribution in [1.29, 1.82) is 0 Å². The van der Waals surface area contributed by atoms with Gasteiger partial charge in [0.2, 0.25) is 0 Å². The highest BCUT2D eigenvalue weighted by atomic mass is 35.5. The highest BCUT2D eigenvalue weighted by Crippen LogP contribution is 2.32. The molecule has 0 aliphatic carbocycles. The van der Waals surface area contributed by atoms with Crippen molar-refractivity contribution < 1.29 is 18.7 Å². The van der Waals surface area contributed by atoms with Crippen molar-refractivity contribution in [2.75, 3.05) is 7.11 Å². The maximum absolute atomic E-state index is 13.8. The van der Waals surface area contributed by atoms with E-state index in [2.05, 4.69) is 5.32 Å². The topological polar surface area (TPSA) is 47.6 Å². The molecule has 3 rings (SSSR count). The maximum Gasteiger partial charge on any atom is 0.263 e. The molecular weight excluding hydrogens is 397 g/mol. The van der Waals surface area contributed by atoms with Gasteiger partial charge in [-0.3, -0.25) is 4.79 Å². The molecule has 26 heavy (non-hydrogen) atoms. The molecule has 1 amide bonds. The van der Waals surface area contributed by atoms with E-state index in [4.69, 9.17) is 33.3 Å². The largest absolute Gasteiger partial charge is 0.493 e. The summed E-state index contributed by atoms with van der Waals surface area (Å²) in [6.45, 7) is -0.0329. The van der Waals surface area contributed by atoms with Crippen LogP contribution in [0, 0.1) is 5.82 Å². The first-order chi connectivity index (χ1) is 12.5. The molecule has 1 heterocycles. The van der Waals surface area contributed by atoms with Gasteiger partial charge in [0.05, 0.1) is 17.0 Å². The first-order valence-corrected chi connectivity index (χ1v) is 9.07. The fourth-order valence-corrected chi connectivity index (χ4v) is 3.55. The minimum Gasteiger partial charge on any atom is -0.493 e. The van der Waals surface area contributed by atoms with Crippen molar-refractivity contribution in [2.24, 2.45) is 0 Å². The zero-order valence-corrected chi connectivity index (χ0v) is 15.9. The van der Waals surface area contributed by atoms with Crippen molar-refractivity contribution in [2.45, 2.75) is 6.61 Å². The third-order valence-electron chi connectivity index (χ3n) is 3.56. The molecule has 0 unspecified atom stereocenters. The van der Waals surface area contributed by atoms with Gasteiger partial charge in [-0.05, 0) is 35.9 Å². The first-order valence-electron chi connectivity index (χ1n) is 7.46. The molecule has 2 aromatic rings. The van der Waals surface area contributed by atoms with E-state index in [-0.39, 0.29) is 18.1 Å². The molecule has 0 bridgehead atoms. The molecule has 1 N–H and O–H groups in total. The van der Waals surface area contributed by atoms with Crippen LogP contribution in [0.15, 0.2) is 41.3 Å². The van der Waals surface area contributed by atoms with Crippen LogP contribution in [0.4, 0.5) is 4.39 Å². The van der Waals surface area contributed by atoms with Gasteiger partial charge < -0.3 is 14.8 Å². The Bertz CT molecular complexity index is 897. The highest BCUT2D eigenvalue weighted by molar-refractivity contribution is 8.26. The zero-order valence-electron chi connectivity index (χ0n) is 13.5. The molecule has 1 saturated heterocycles. The SMILES string of the molecule is COc1cc(C=C2SC(=S)NC2=O)ccc1OCc1c(F)cccc1Cl. The average molecular weight is 410 g/mol. The Morgan fingerprint density at radius 2 is 2.12 bits per heavy atom. The number of rotatable bonds is 5. The second kappa shape index (κ2) is 8.07. The van der Waals surface area contributed by atoms with Crippen molar-refractivity contribution >= 4 is 51.9 Å². The number of thioether (sulfide) groups is 1. The van der Waals surface area contributed by atoms with Crippen LogP contribution in [0.25, 0.3) is 6.08 Å². The molecule has 1 aliphatic rings. The fraction of sp³-hybridized carbons (Fsp3) is 0.111. The summed E-state index contributed by atoms with van der Waals surface area (Å²) in [5.41, 5.74) is 1.02. The molecule has 0 saturated carbocycles. The Labute approximate surface area is 164 Å². The Balaban J connectivity index is 1.80. The summed E-state index contributed by atoms with van der Waals surface area (Å²) in [6.07, 6.45) is 1.71. The van der Waals surface area contributed by atoms with Crippen LogP contribution in [0.2, 0.25) is 5.02 Å². The summed E-state index contributed by atoms with van der Waals surface area (Å²) in [4.78, 5) is 12.2. The number of hydrogen-bond donors (Lipinski definition) is 1. The van der Waals surface area contributed by atoms with Crippen LogP contribution >= 0.6 is 35.6 Å². The molecule has 0 radical (unpaired) electrons. The summed E-state index contributed by atoms with van der Waals surface area (Å²) >= 11 is 12.2. The molecular formula is C18H13ClFNO3S2. The smallest absolute Gasteiger partial charge is 0.263 e. The van der Waals surface area contributed by atoms with E-state index in [1.807, 2.05) is 0 Å². The van der Waals surface area contributed by atoms with Crippen molar-refractivity contribution in [1.82, 2.24) is 5.32 Å². The van der Waals surface area contributed by atoms with E-state index in [9.17, 15) is 9.18 Å². The van der Waals surface area contributed by atoms with Gasteiger partial charge in [-0.2, -0.15) is 0 Å². The fourth-order valence-electron chi connectivity index (χ4n) is 2.29. The third-order valence-corrected chi connectivity index (χ3v) is 5.08. The molecule has 0 aromatic heterocycles. The van der Waals surface area contributed by atoms with Crippen molar-refractivity contribution in [3.63, 3.8) is 0 Å². The van der Waals surface area contributed by atoms with Crippen LogP contribution in [0.3, 0.4) is 0 Å². The van der Waals surface area contributed by atoms with E-state index >= 15 is 0 Å². The lowest BCUT2D eigenvalue weighted by Crippen LogP contribution is -2.17. The molecule has 134 valence electrons. The number of carbonyl (C=O) groups is 1. The van der Waals surface area contributed by atoms with E-state index in [1.54, 1.807) is 30.3 Å². The summed E-state index contributed by atoms with van der Waals surface area (Å²) < 4.78 is 25.3. The average Bonchev–Trinajstić information content (AvgIpc) is 2.92. The van der Waals surface area contributed by atoms with Gasteiger partial charge >= 0.3 is 0 Å². The summed E-state index contributed by atoms with van der Waals surface area (Å²) in [6, 6.07) is 9.64. The number of amides is 1. The standard InChI is InChI=1S/C18H13ClFNO3S2/c1-23-15-7-10(8-16-17(22)21-18(25)26-16)5-6-14(15)24-9-11-12(19)3-2-4-13(11)20/h2-8H,9H2,1H3,(H,21,22,25). The van der Waals surface area contributed by atoms with Crippen LogP contribution in [0.5, 0.6) is 11.5 Å². The van der Waals surface area contributed by atoms with Gasteiger partial charge in [0.15, 0.2) is 11.5 Å². The zero-order chi connectivity index (χ0) is 18.7. The lowest BCUT2D eigenvalue weighted by Gasteiger charge is -2.12. The molecule has 8 heteroatoms. The number of nitrogens with one attached hydrogen (secondary N) is 1.